The summed E-state index contributed by atoms with van der Waals surface area (Å²) in [5.74, 6) is 0.202. The molecule has 2 aliphatic heterocycles. The van der Waals surface area contributed by atoms with Gasteiger partial charge in [-0.3, -0.25) is 9.78 Å². The molecule has 1 aromatic carbocycles. The summed E-state index contributed by atoms with van der Waals surface area (Å²) < 4.78 is 1.81. The minimum Gasteiger partial charge on any atom is -0.337 e. The monoisotopic (exact) mass is 448 g/mol. The summed E-state index contributed by atoms with van der Waals surface area (Å²) in [4.78, 5) is 19.5. The van der Waals surface area contributed by atoms with Gasteiger partial charge in [-0.25, -0.2) is 4.68 Å². The summed E-state index contributed by atoms with van der Waals surface area (Å²) in [5.41, 5.74) is 3.64. The van der Waals surface area contributed by atoms with Crippen LogP contribution in [0.3, 0.4) is 0 Å². The molecule has 1 amide bonds. The molecule has 0 aliphatic carbocycles. The quantitative estimate of drug-likeness (QED) is 0.663. The Morgan fingerprint density at radius 1 is 1.31 bits per heavy atom. The zero-order valence-electron chi connectivity index (χ0n) is 15.4. The van der Waals surface area contributed by atoms with Gasteiger partial charge in [0, 0.05) is 43.7 Å². The first-order chi connectivity index (χ1) is 14.0. The molecule has 29 heavy (non-hydrogen) atoms. The standard InChI is InChI=1S/C19H18Cl2N6OS/c20-14-2-1-12(3-15(14)21)5-27-7-16(24-25-27)13-6-26(10-19(13)8-23-9-19)18(28)17-4-22-11-29-17/h1-4,7,11,13,23H,5-6,8-10H2. The third kappa shape index (κ3) is 3.44. The molecule has 150 valence electrons. The first-order valence-corrected chi connectivity index (χ1v) is 10.9. The van der Waals surface area contributed by atoms with E-state index < -0.39 is 0 Å². The van der Waals surface area contributed by atoms with Crippen LogP contribution in [0, 0.1) is 5.41 Å². The van der Waals surface area contributed by atoms with Crippen molar-refractivity contribution < 1.29 is 4.79 Å². The van der Waals surface area contributed by atoms with Crippen molar-refractivity contribution >= 4 is 40.4 Å². The average molecular weight is 449 g/mol. The highest BCUT2D eigenvalue weighted by atomic mass is 35.5. The Hall–Kier alpha value is -2.00. The second-order valence-electron chi connectivity index (χ2n) is 7.66. The van der Waals surface area contributed by atoms with Crippen molar-refractivity contribution in [2.24, 2.45) is 5.41 Å². The molecule has 1 N–H and O–H groups in total. The Morgan fingerprint density at radius 2 is 2.17 bits per heavy atom. The SMILES string of the molecule is O=C(c1cncs1)N1CC(c2cn(Cc3ccc(Cl)c(Cl)c3)nn2)C2(CNC2)C1. The van der Waals surface area contributed by atoms with Crippen LogP contribution in [0.2, 0.25) is 10.0 Å². The lowest BCUT2D eigenvalue weighted by molar-refractivity contribution is 0.0754. The van der Waals surface area contributed by atoms with Crippen LogP contribution in [0.5, 0.6) is 0 Å². The zero-order chi connectivity index (χ0) is 20.0. The molecule has 2 aliphatic rings. The maximum atomic E-state index is 12.8. The Balaban J connectivity index is 1.36. The van der Waals surface area contributed by atoms with Crippen molar-refractivity contribution in [2.45, 2.75) is 12.5 Å². The average Bonchev–Trinajstić information content (AvgIpc) is 3.42. The van der Waals surface area contributed by atoms with E-state index in [2.05, 4.69) is 20.6 Å². The number of aromatic nitrogens is 4. The maximum absolute atomic E-state index is 12.8. The summed E-state index contributed by atoms with van der Waals surface area (Å²) in [5, 5.41) is 13.2. The normalized spacial score (nSPS) is 20.2. The number of rotatable bonds is 4. The molecule has 7 nitrogen and oxygen atoms in total. The van der Waals surface area contributed by atoms with Gasteiger partial charge in [-0.1, -0.05) is 34.5 Å². The molecule has 0 bridgehead atoms. The predicted molar refractivity (Wildman–Crippen MR) is 112 cm³/mol. The van der Waals surface area contributed by atoms with E-state index in [1.54, 1.807) is 17.8 Å². The van der Waals surface area contributed by atoms with E-state index in [9.17, 15) is 4.79 Å². The second-order valence-corrected chi connectivity index (χ2v) is 9.36. The van der Waals surface area contributed by atoms with Gasteiger partial charge in [0.05, 0.1) is 34.0 Å². The second kappa shape index (κ2) is 7.36. The van der Waals surface area contributed by atoms with Crippen LogP contribution in [0.15, 0.2) is 36.1 Å². The van der Waals surface area contributed by atoms with E-state index in [0.29, 0.717) is 28.0 Å². The molecular weight excluding hydrogens is 431 g/mol. The van der Waals surface area contributed by atoms with Gasteiger partial charge < -0.3 is 10.2 Å². The number of halogens is 2. The minimum absolute atomic E-state index is 0.0186. The Bertz CT molecular complexity index is 1050. The highest BCUT2D eigenvalue weighted by Crippen LogP contribution is 2.45. The molecule has 1 unspecified atom stereocenters. The Kier molecular flexibility index (Phi) is 4.82. The van der Waals surface area contributed by atoms with Gasteiger partial charge in [0.25, 0.3) is 5.91 Å². The molecule has 3 aromatic rings. The molecule has 2 saturated heterocycles. The number of carbonyl (C=O) groups is 1. The fraction of sp³-hybridized carbons (Fsp3) is 0.368. The van der Waals surface area contributed by atoms with Crippen molar-refractivity contribution in [2.75, 3.05) is 26.2 Å². The van der Waals surface area contributed by atoms with Gasteiger partial charge in [-0.2, -0.15) is 0 Å². The molecule has 2 fully saturated rings. The van der Waals surface area contributed by atoms with Crippen LogP contribution in [-0.4, -0.2) is 57.0 Å². The Morgan fingerprint density at radius 3 is 2.86 bits per heavy atom. The number of likely N-dealkylation sites (tertiary alicyclic amines) is 1. The highest BCUT2D eigenvalue weighted by Gasteiger charge is 2.53. The lowest BCUT2D eigenvalue weighted by Crippen LogP contribution is -2.57. The van der Waals surface area contributed by atoms with E-state index >= 15 is 0 Å². The van der Waals surface area contributed by atoms with Crippen molar-refractivity contribution in [3.63, 3.8) is 0 Å². The predicted octanol–water partition coefficient (Wildman–Crippen LogP) is 2.92. The molecule has 0 saturated carbocycles. The summed E-state index contributed by atoms with van der Waals surface area (Å²) in [6.07, 6.45) is 3.62. The zero-order valence-corrected chi connectivity index (χ0v) is 17.7. The van der Waals surface area contributed by atoms with Crippen LogP contribution >= 0.6 is 34.5 Å². The number of thiazole rings is 1. The van der Waals surface area contributed by atoms with Crippen LogP contribution < -0.4 is 5.32 Å². The summed E-state index contributed by atoms with van der Waals surface area (Å²) in [6.45, 7) is 3.68. The number of nitrogens with zero attached hydrogens (tertiary/aromatic N) is 5. The molecule has 1 atom stereocenters. The van der Waals surface area contributed by atoms with E-state index in [1.807, 2.05) is 27.9 Å². The van der Waals surface area contributed by atoms with Crippen molar-refractivity contribution in [1.29, 1.82) is 0 Å². The smallest absolute Gasteiger partial charge is 0.265 e. The van der Waals surface area contributed by atoms with Crippen molar-refractivity contribution in [3.05, 3.63) is 62.3 Å². The maximum Gasteiger partial charge on any atom is 0.265 e. The van der Waals surface area contributed by atoms with Gasteiger partial charge >= 0.3 is 0 Å². The number of benzene rings is 1. The first-order valence-electron chi connectivity index (χ1n) is 9.26. The van der Waals surface area contributed by atoms with Gasteiger partial charge in [-0.15, -0.1) is 16.4 Å². The molecule has 5 rings (SSSR count). The van der Waals surface area contributed by atoms with Gasteiger partial charge in [0.2, 0.25) is 0 Å². The third-order valence-electron chi connectivity index (χ3n) is 5.77. The third-order valence-corrected chi connectivity index (χ3v) is 7.27. The van der Waals surface area contributed by atoms with Crippen molar-refractivity contribution in [3.8, 4) is 0 Å². The van der Waals surface area contributed by atoms with E-state index in [-0.39, 0.29) is 17.2 Å². The van der Waals surface area contributed by atoms with Crippen molar-refractivity contribution in [1.82, 2.24) is 30.2 Å². The minimum atomic E-state index is 0.0186. The highest BCUT2D eigenvalue weighted by molar-refractivity contribution is 7.11. The van der Waals surface area contributed by atoms with Crippen LogP contribution in [0.25, 0.3) is 0 Å². The summed E-state index contributed by atoms with van der Waals surface area (Å²) in [6, 6.07) is 5.55. The van der Waals surface area contributed by atoms with E-state index in [4.69, 9.17) is 23.2 Å². The largest absolute Gasteiger partial charge is 0.337 e. The fourth-order valence-corrected chi connectivity index (χ4v) is 5.10. The van der Waals surface area contributed by atoms with E-state index in [0.717, 1.165) is 30.9 Å². The van der Waals surface area contributed by atoms with Gasteiger partial charge in [0.1, 0.15) is 4.88 Å². The number of nitrogens with one attached hydrogen (secondary N) is 1. The lowest BCUT2D eigenvalue weighted by Gasteiger charge is -2.42. The fourth-order valence-electron chi connectivity index (χ4n) is 4.19. The van der Waals surface area contributed by atoms with E-state index in [1.165, 1.54) is 11.3 Å². The number of hydrogen-bond acceptors (Lipinski definition) is 6. The van der Waals surface area contributed by atoms with Crippen LogP contribution in [-0.2, 0) is 6.54 Å². The van der Waals surface area contributed by atoms with Gasteiger partial charge in [-0.05, 0) is 17.7 Å². The molecule has 0 radical (unpaired) electrons. The molecule has 4 heterocycles. The molecule has 2 aromatic heterocycles. The number of hydrogen-bond donors (Lipinski definition) is 1. The first kappa shape index (κ1) is 19.0. The molecule has 1 spiro atoms. The number of amides is 1. The summed E-state index contributed by atoms with van der Waals surface area (Å²) in [7, 11) is 0. The Labute approximate surface area is 181 Å². The lowest BCUT2D eigenvalue weighted by atomic mass is 9.72. The molecule has 10 heteroatoms. The number of carbonyl (C=O) groups excluding carboxylic acids is 1. The topological polar surface area (TPSA) is 75.9 Å². The van der Waals surface area contributed by atoms with Gasteiger partial charge in [0.15, 0.2) is 0 Å². The van der Waals surface area contributed by atoms with Crippen LogP contribution in [0.4, 0.5) is 0 Å². The molecular formula is C19H18Cl2N6OS. The summed E-state index contributed by atoms with van der Waals surface area (Å²) >= 11 is 13.5. The van der Waals surface area contributed by atoms with Crippen LogP contribution in [0.1, 0.15) is 26.8 Å².